The highest BCUT2D eigenvalue weighted by Crippen LogP contribution is 2.14. The third kappa shape index (κ3) is 7.25. The largest absolute Gasteiger partial charge is 0.489 e. The Morgan fingerprint density at radius 3 is 2.75 bits per heavy atom. The van der Waals surface area contributed by atoms with E-state index in [1.165, 1.54) is 12.1 Å². The fourth-order valence-electron chi connectivity index (χ4n) is 2.96. The van der Waals surface area contributed by atoms with Gasteiger partial charge in [0.25, 0.3) is 0 Å². The Hall–Kier alpha value is -2.51. The molecule has 156 valence electrons. The van der Waals surface area contributed by atoms with Gasteiger partial charge in [-0.15, -0.1) is 0 Å². The number of nitrogens with one attached hydrogen (secondary N) is 2. The maximum atomic E-state index is 13.3. The minimum absolute atomic E-state index is 0.192. The summed E-state index contributed by atoms with van der Waals surface area (Å²) in [5.41, 5.74) is 0. The molecule has 0 radical (unpaired) electrons. The van der Waals surface area contributed by atoms with Crippen LogP contribution in [0.25, 0.3) is 0 Å². The van der Waals surface area contributed by atoms with Crippen molar-refractivity contribution in [2.45, 2.75) is 45.8 Å². The van der Waals surface area contributed by atoms with Crippen molar-refractivity contribution in [3.63, 3.8) is 0 Å². The molecule has 1 unspecified atom stereocenters. The van der Waals surface area contributed by atoms with Gasteiger partial charge in [0, 0.05) is 31.7 Å². The summed E-state index contributed by atoms with van der Waals surface area (Å²) in [4.78, 5) is 18.1. The summed E-state index contributed by atoms with van der Waals surface area (Å²) in [6, 6.07) is 6.33. The number of likely N-dealkylation sites (tertiary alicyclic amines) is 1. The summed E-state index contributed by atoms with van der Waals surface area (Å²) in [7, 11) is 0. The number of hydrogen-bond donors (Lipinski definition) is 2. The van der Waals surface area contributed by atoms with Crippen LogP contribution in [0.2, 0.25) is 0 Å². The Balaban J connectivity index is 1.82. The zero-order chi connectivity index (χ0) is 20.4. The molecule has 0 bridgehead atoms. The molecule has 2 rings (SSSR count). The van der Waals surface area contributed by atoms with E-state index in [4.69, 9.17) is 9.47 Å². The predicted molar refractivity (Wildman–Crippen MR) is 107 cm³/mol. The molecular formula is C20H31FN4O3. The Labute approximate surface area is 166 Å². The average Bonchev–Trinajstić information content (AvgIpc) is 2.67. The molecular weight excluding hydrogens is 363 g/mol. The number of nitrogens with zero attached hydrogens (tertiary/aromatic N) is 2. The van der Waals surface area contributed by atoms with E-state index in [2.05, 4.69) is 15.6 Å². The van der Waals surface area contributed by atoms with Crippen molar-refractivity contribution in [3.8, 4) is 5.75 Å². The molecule has 1 aliphatic rings. The SMILES string of the molecule is CCNC(=NCC(C)Oc1cccc(F)c1)NC1CCN(C(=O)OCC)CC1. The van der Waals surface area contributed by atoms with Crippen LogP contribution in [0, 0.1) is 5.82 Å². The van der Waals surface area contributed by atoms with Crippen LogP contribution in [0.3, 0.4) is 0 Å². The summed E-state index contributed by atoms with van der Waals surface area (Å²) in [5.74, 6) is 0.885. The number of halogens is 1. The second-order valence-electron chi connectivity index (χ2n) is 6.71. The highest BCUT2D eigenvalue weighted by atomic mass is 19.1. The number of rotatable bonds is 7. The Kier molecular flexibility index (Phi) is 8.84. The van der Waals surface area contributed by atoms with Gasteiger partial charge in [-0.05, 0) is 45.7 Å². The standard InChI is InChI=1S/C20H31FN4O3/c1-4-22-19(23-14-15(3)28-18-8-6-7-16(21)13-18)24-17-9-11-25(12-10-17)20(26)27-5-2/h6-8,13,15,17H,4-5,9-12,14H2,1-3H3,(H2,22,23,24). The van der Waals surface area contributed by atoms with Gasteiger partial charge < -0.3 is 25.0 Å². The summed E-state index contributed by atoms with van der Waals surface area (Å²) >= 11 is 0. The first-order valence-electron chi connectivity index (χ1n) is 9.90. The van der Waals surface area contributed by atoms with E-state index in [1.54, 1.807) is 17.0 Å². The van der Waals surface area contributed by atoms with Crippen LogP contribution in [-0.2, 0) is 4.74 Å². The van der Waals surface area contributed by atoms with Crippen molar-refractivity contribution in [1.82, 2.24) is 15.5 Å². The minimum Gasteiger partial charge on any atom is -0.489 e. The van der Waals surface area contributed by atoms with E-state index < -0.39 is 0 Å². The van der Waals surface area contributed by atoms with Gasteiger partial charge in [0.05, 0.1) is 13.2 Å². The lowest BCUT2D eigenvalue weighted by molar-refractivity contribution is 0.0963. The summed E-state index contributed by atoms with van der Waals surface area (Å²) in [5, 5.41) is 6.65. The van der Waals surface area contributed by atoms with E-state index in [-0.39, 0.29) is 24.1 Å². The van der Waals surface area contributed by atoms with Gasteiger partial charge in [-0.3, -0.25) is 0 Å². The lowest BCUT2D eigenvalue weighted by atomic mass is 10.1. The zero-order valence-corrected chi connectivity index (χ0v) is 16.9. The Morgan fingerprint density at radius 2 is 2.11 bits per heavy atom. The number of hydrogen-bond acceptors (Lipinski definition) is 4. The van der Waals surface area contributed by atoms with E-state index in [0.29, 0.717) is 38.0 Å². The molecule has 1 aliphatic heterocycles. The van der Waals surface area contributed by atoms with Gasteiger partial charge in [-0.25, -0.2) is 14.2 Å². The molecule has 0 saturated carbocycles. The van der Waals surface area contributed by atoms with Crippen molar-refractivity contribution in [1.29, 1.82) is 0 Å². The Bertz CT molecular complexity index is 648. The maximum absolute atomic E-state index is 13.3. The molecule has 1 aromatic rings. The van der Waals surface area contributed by atoms with Crippen molar-refractivity contribution in [2.75, 3.05) is 32.8 Å². The summed E-state index contributed by atoms with van der Waals surface area (Å²) in [6.07, 6.45) is 1.23. The van der Waals surface area contributed by atoms with E-state index in [0.717, 1.165) is 19.4 Å². The fourth-order valence-corrected chi connectivity index (χ4v) is 2.96. The van der Waals surface area contributed by atoms with Crippen LogP contribution in [0.5, 0.6) is 5.75 Å². The number of aliphatic imine (C=N–C) groups is 1. The summed E-state index contributed by atoms with van der Waals surface area (Å²) < 4.78 is 24.0. The lowest BCUT2D eigenvalue weighted by Crippen LogP contribution is -2.50. The molecule has 7 nitrogen and oxygen atoms in total. The first-order valence-corrected chi connectivity index (χ1v) is 9.90. The molecule has 1 saturated heterocycles. The number of carbonyl (C=O) groups is 1. The third-order valence-corrected chi connectivity index (χ3v) is 4.35. The number of piperidine rings is 1. The molecule has 1 atom stereocenters. The molecule has 1 heterocycles. The predicted octanol–water partition coefficient (Wildman–Crippen LogP) is 2.77. The van der Waals surface area contributed by atoms with Gasteiger partial charge in [0.1, 0.15) is 17.7 Å². The summed E-state index contributed by atoms with van der Waals surface area (Å²) in [6.45, 7) is 8.61. The van der Waals surface area contributed by atoms with Crippen molar-refractivity contribution in [3.05, 3.63) is 30.1 Å². The van der Waals surface area contributed by atoms with Gasteiger partial charge >= 0.3 is 6.09 Å². The van der Waals surface area contributed by atoms with Crippen molar-refractivity contribution in [2.24, 2.45) is 4.99 Å². The monoisotopic (exact) mass is 394 g/mol. The van der Waals surface area contributed by atoms with E-state index in [9.17, 15) is 9.18 Å². The smallest absolute Gasteiger partial charge is 0.409 e. The minimum atomic E-state index is -0.322. The number of amides is 1. The molecule has 0 spiro atoms. The molecule has 1 aromatic carbocycles. The number of benzene rings is 1. The molecule has 0 aromatic heterocycles. The van der Waals surface area contributed by atoms with Crippen LogP contribution in [0.15, 0.2) is 29.3 Å². The lowest BCUT2D eigenvalue weighted by Gasteiger charge is -2.32. The molecule has 0 aliphatic carbocycles. The van der Waals surface area contributed by atoms with Crippen molar-refractivity contribution >= 4 is 12.1 Å². The number of ether oxygens (including phenoxy) is 2. The molecule has 28 heavy (non-hydrogen) atoms. The van der Waals surface area contributed by atoms with Gasteiger partial charge in [0.15, 0.2) is 5.96 Å². The Morgan fingerprint density at radius 1 is 1.36 bits per heavy atom. The highest BCUT2D eigenvalue weighted by Gasteiger charge is 2.24. The topological polar surface area (TPSA) is 75.2 Å². The van der Waals surface area contributed by atoms with Gasteiger partial charge in [-0.2, -0.15) is 0 Å². The van der Waals surface area contributed by atoms with E-state index >= 15 is 0 Å². The van der Waals surface area contributed by atoms with Crippen LogP contribution in [0.4, 0.5) is 9.18 Å². The van der Waals surface area contributed by atoms with Crippen LogP contribution < -0.4 is 15.4 Å². The number of guanidine groups is 1. The zero-order valence-electron chi connectivity index (χ0n) is 16.9. The van der Waals surface area contributed by atoms with Crippen LogP contribution in [0.1, 0.15) is 33.6 Å². The number of carbonyl (C=O) groups excluding carboxylic acids is 1. The first-order chi connectivity index (χ1) is 13.5. The maximum Gasteiger partial charge on any atom is 0.409 e. The van der Waals surface area contributed by atoms with Gasteiger partial charge in [-0.1, -0.05) is 6.07 Å². The molecule has 8 heteroatoms. The average molecular weight is 394 g/mol. The fraction of sp³-hybridized carbons (Fsp3) is 0.600. The third-order valence-electron chi connectivity index (χ3n) is 4.35. The van der Waals surface area contributed by atoms with Crippen LogP contribution in [-0.4, -0.2) is 61.9 Å². The first kappa shape index (κ1) is 21.8. The molecule has 2 N–H and O–H groups in total. The normalized spacial score (nSPS) is 16.4. The molecule has 1 amide bonds. The van der Waals surface area contributed by atoms with Crippen molar-refractivity contribution < 1.29 is 18.7 Å². The quantitative estimate of drug-likeness (QED) is 0.549. The highest BCUT2D eigenvalue weighted by molar-refractivity contribution is 5.80. The van der Waals surface area contributed by atoms with Crippen LogP contribution >= 0.6 is 0 Å². The molecule has 1 fully saturated rings. The second kappa shape index (κ2) is 11.4. The van der Waals surface area contributed by atoms with Gasteiger partial charge in [0.2, 0.25) is 0 Å². The second-order valence-corrected chi connectivity index (χ2v) is 6.71. The van der Waals surface area contributed by atoms with E-state index in [1.807, 2.05) is 20.8 Å².